The SMILES string of the molecule is CN(C)C(Cc1c[nH]c2ccc(CC3NC(=O)N(Cc4ccc(C#N)cc4)C3=O)cc12)OC(=O)/C=C\C(=O)OC(Cc1c[nH]c2ccc(CC3NC(=O)N(Cc4ccc(C#N)cc4)C3=O)cc12)N(C)C. The van der Waals surface area contributed by atoms with Crippen LogP contribution < -0.4 is 10.6 Å². The maximum absolute atomic E-state index is 13.3. The predicted octanol–water partition coefficient (Wildman–Crippen LogP) is 4.92. The van der Waals surface area contributed by atoms with Crippen LogP contribution in [0.3, 0.4) is 0 Å². The van der Waals surface area contributed by atoms with Crippen molar-refractivity contribution in [1.29, 1.82) is 10.5 Å². The molecule has 6 aromatic rings. The molecule has 70 heavy (non-hydrogen) atoms. The lowest BCUT2D eigenvalue weighted by atomic mass is 10.0. The second kappa shape index (κ2) is 20.7. The Morgan fingerprint density at radius 3 is 1.33 bits per heavy atom. The summed E-state index contributed by atoms with van der Waals surface area (Å²) >= 11 is 0. The standard InChI is InChI=1S/C52H50N10O8/c1-59(2)45(23-37-27-55-41-15-13-35(19-39(37)41)21-43-49(65)61(51(67)57-43)29-33-9-5-31(25-53)6-10-33)69-47(63)17-18-48(64)70-46(60(3)4)24-38-28-56-42-16-14-36(20-40(38)42)22-44-50(66)62(52(68)58-44)30-34-11-7-32(26-54)8-12-34/h5-20,27-28,43-46,55-56H,21-24,29-30H2,1-4H3,(H,57,67)(H,58,68)/b18-17-. The van der Waals surface area contributed by atoms with Gasteiger partial charge in [-0.15, -0.1) is 0 Å². The van der Waals surface area contributed by atoms with E-state index >= 15 is 0 Å². The number of rotatable bonds is 18. The molecular formula is C52H50N10O8. The molecule has 8 rings (SSSR count). The Morgan fingerprint density at radius 2 is 0.971 bits per heavy atom. The molecule has 4 aromatic carbocycles. The van der Waals surface area contributed by atoms with E-state index < -0.39 is 48.5 Å². The van der Waals surface area contributed by atoms with Crippen LogP contribution in [0, 0.1) is 22.7 Å². The van der Waals surface area contributed by atoms with E-state index in [1.165, 1.54) is 9.80 Å². The van der Waals surface area contributed by atoms with E-state index in [9.17, 15) is 28.8 Å². The molecule has 0 saturated carbocycles. The van der Waals surface area contributed by atoms with Gasteiger partial charge in [0.15, 0.2) is 12.5 Å². The molecule has 0 radical (unpaired) electrons. The average Bonchev–Trinajstić information content (AvgIpc) is 4.08. The van der Waals surface area contributed by atoms with Gasteiger partial charge in [-0.2, -0.15) is 10.5 Å². The van der Waals surface area contributed by atoms with Gasteiger partial charge in [0.1, 0.15) is 12.1 Å². The Labute approximate surface area is 403 Å². The Morgan fingerprint density at radius 1 is 0.600 bits per heavy atom. The highest BCUT2D eigenvalue weighted by Gasteiger charge is 2.39. The topological polar surface area (TPSA) is 237 Å². The normalized spacial score (nSPS) is 16.8. The van der Waals surface area contributed by atoms with Gasteiger partial charge in [-0.1, -0.05) is 36.4 Å². The van der Waals surface area contributed by atoms with Gasteiger partial charge in [0.05, 0.1) is 36.4 Å². The number of nitrogens with one attached hydrogen (secondary N) is 4. The number of aromatic amines is 2. The van der Waals surface area contributed by atoms with E-state index in [1.807, 2.05) is 48.8 Å². The third kappa shape index (κ3) is 10.9. The van der Waals surface area contributed by atoms with Crippen LogP contribution in [-0.2, 0) is 67.4 Å². The zero-order valence-corrected chi connectivity index (χ0v) is 38.9. The number of esters is 2. The van der Waals surface area contributed by atoms with Crippen LogP contribution in [-0.4, -0.2) is 118 Å². The monoisotopic (exact) mass is 942 g/mol. The lowest BCUT2D eigenvalue weighted by Gasteiger charge is -2.24. The van der Waals surface area contributed by atoms with Crippen molar-refractivity contribution in [2.75, 3.05) is 28.2 Å². The first-order valence-electron chi connectivity index (χ1n) is 22.5. The molecule has 2 aliphatic heterocycles. The summed E-state index contributed by atoms with van der Waals surface area (Å²) in [5.74, 6) is -2.20. The number of amides is 6. The number of nitrogens with zero attached hydrogens (tertiary/aromatic N) is 6. The van der Waals surface area contributed by atoms with Crippen molar-refractivity contribution in [2.45, 2.75) is 63.3 Å². The molecule has 2 fully saturated rings. The third-order valence-electron chi connectivity index (χ3n) is 12.4. The molecule has 2 aromatic heterocycles. The highest BCUT2D eigenvalue weighted by molar-refractivity contribution is 6.05. The van der Waals surface area contributed by atoms with Gasteiger partial charge in [-0.25, -0.2) is 19.2 Å². The first kappa shape index (κ1) is 47.9. The number of H-pyrrole nitrogens is 2. The van der Waals surface area contributed by atoms with E-state index in [2.05, 4.69) is 32.7 Å². The van der Waals surface area contributed by atoms with Gasteiger partial charge in [-0.3, -0.25) is 29.2 Å². The van der Waals surface area contributed by atoms with Crippen molar-refractivity contribution in [2.24, 2.45) is 0 Å². The van der Waals surface area contributed by atoms with Crippen molar-refractivity contribution in [3.63, 3.8) is 0 Å². The van der Waals surface area contributed by atoms with Crippen LogP contribution in [0.2, 0.25) is 0 Å². The number of urea groups is 2. The Balaban J connectivity index is 0.854. The molecule has 4 unspecified atom stereocenters. The quantitative estimate of drug-likeness (QED) is 0.0389. The first-order chi connectivity index (χ1) is 33.7. The van der Waals surface area contributed by atoms with Crippen LogP contribution in [0.25, 0.3) is 21.8 Å². The van der Waals surface area contributed by atoms with Crippen molar-refractivity contribution in [3.05, 3.63) is 154 Å². The fourth-order valence-electron chi connectivity index (χ4n) is 8.50. The number of likely N-dealkylation sites (N-methyl/N-ethyl adjacent to an activating group) is 2. The van der Waals surface area contributed by atoms with Crippen molar-refractivity contribution >= 4 is 57.6 Å². The van der Waals surface area contributed by atoms with E-state index in [0.717, 1.165) is 67.3 Å². The van der Waals surface area contributed by atoms with Crippen molar-refractivity contribution in [1.82, 2.24) is 40.2 Å². The number of nitriles is 2. The molecule has 0 spiro atoms. The van der Waals surface area contributed by atoms with E-state index in [4.69, 9.17) is 20.0 Å². The zero-order chi connectivity index (χ0) is 49.6. The third-order valence-corrected chi connectivity index (χ3v) is 12.4. The summed E-state index contributed by atoms with van der Waals surface area (Å²) in [5, 5.41) is 25.5. The molecule has 2 saturated heterocycles. The van der Waals surface area contributed by atoms with Gasteiger partial charge in [0.25, 0.3) is 11.8 Å². The maximum atomic E-state index is 13.3. The zero-order valence-electron chi connectivity index (χ0n) is 38.9. The van der Waals surface area contributed by atoms with Crippen LogP contribution in [0.15, 0.2) is 109 Å². The molecule has 0 aliphatic carbocycles. The molecular weight excluding hydrogens is 893 g/mol. The second-order valence-electron chi connectivity index (χ2n) is 17.7. The fraction of sp³-hybridized carbons (Fsp3) is 0.269. The number of imide groups is 2. The van der Waals surface area contributed by atoms with Gasteiger partial charge < -0.3 is 30.1 Å². The maximum Gasteiger partial charge on any atom is 0.332 e. The summed E-state index contributed by atoms with van der Waals surface area (Å²) in [5.41, 5.74) is 7.40. The number of aromatic nitrogens is 2. The molecule has 4 heterocycles. The smallest absolute Gasteiger partial charge is 0.332 e. The van der Waals surface area contributed by atoms with Crippen LogP contribution >= 0.6 is 0 Å². The summed E-state index contributed by atoms with van der Waals surface area (Å²) in [6, 6.07) is 26.5. The van der Waals surface area contributed by atoms with Crippen molar-refractivity contribution < 1.29 is 38.2 Å². The highest BCUT2D eigenvalue weighted by atomic mass is 16.6. The van der Waals surface area contributed by atoms with Gasteiger partial charge in [-0.05, 0) is 110 Å². The fourth-order valence-corrected chi connectivity index (χ4v) is 8.50. The second-order valence-corrected chi connectivity index (χ2v) is 17.7. The lowest BCUT2D eigenvalue weighted by molar-refractivity contribution is -0.153. The first-order valence-corrected chi connectivity index (χ1v) is 22.5. The number of hydrogen-bond donors (Lipinski definition) is 4. The molecule has 2 aliphatic rings. The Kier molecular flexibility index (Phi) is 14.2. The summed E-state index contributed by atoms with van der Waals surface area (Å²) in [7, 11) is 7.07. The minimum atomic E-state index is -0.760. The predicted molar refractivity (Wildman–Crippen MR) is 256 cm³/mol. The minimum absolute atomic E-state index is 0.0848. The molecule has 0 bridgehead atoms. The number of ether oxygens (including phenoxy) is 2. The summed E-state index contributed by atoms with van der Waals surface area (Å²) in [6.45, 7) is 0.170. The molecule has 6 amide bonds. The van der Waals surface area contributed by atoms with Gasteiger partial charge >= 0.3 is 24.0 Å². The summed E-state index contributed by atoms with van der Waals surface area (Å²) < 4.78 is 11.6. The molecule has 18 heteroatoms. The summed E-state index contributed by atoms with van der Waals surface area (Å²) in [6.07, 6.45) is 5.37. The Bertz CT molecular complexity index is 2900. The molecule has 18 nitrogen and oxygen atoms in total. The number of carbonyl (C=O) groups is 6. The molecule has 4 N–H and O–H groups in total. The number of hydrogen-bond acceptors (Lipinski definition) is 12. The Hall–Kier alpha value is -8.58. The molecule has 4 atom stereocenters. The highest BCUT2D eigenvalue weighted by Crippen LogP contribution is 2.27. The average molecular weight is 943 g/mol. The largest absolute Gasteiger partial charge is 0.443 e. The number of carbonyl (C=O) groups excluding carboxylic acids is 6. The van der Waals surface area contributed by atoms with Crippen molar-refractivity contribution in [3.8, 4) is 12.1 Å². The van der Waals surface area contributed by atoms with Gasteiger partial charge in [0, 0.05) is 72.0 Å². The van der Waals surface area contributed by atoms with E-state index in [0.29, 0.717) is 11.1 Å². The van der Waals surface area contributed by atoms with Crippen LogP contribution in [0.1, 0.15) is 44.5 Å². The number of fused-ring (bicyclic) bond motifs is 2. The van der Waals surface area contributed by atoms with Gasteiger partial charge in [0.2, 0.25) is 0 Å². The molecule has 356 valence electrons. The summed E-state index contributed by atoms with van der Waals surface area (Å²) in [4.78, 5) is 90.9. The minimum Gasteiger partial charge on any atom is -0.443 e. The van der Waals surface area contributed by atoms with Crippen LogP contribution in [0.4, 0.5) is 9.59 Å². The van der Waals surface area contributed by atoms with E-state index in [-0.39, 0.29) is 50.6 Å². The number of benzene rings is 4. The van der Waals surface area contributed by atoms with Crippen LogP contribution in [0.5, 0.6) is 0 Å². The lowest BCUT2D eigenvalue weighted by Crippen LogP contribution is -2.35. The van der Waals surface area contributed by atoms with E-state index in [1.54, 1.807) is 86.5 Å².